The van der Waals surface area contributed by atoms with Crippen molar-refractivity contribution < 1.29 is 8.78 Å². The van der Waals surface area contributed by atoms with Crippen LogP contribution in [0.1, 0.15) is 66.0 Å². The fraction of sp³-hybridized carbons (Fsp3) is 0.458. The normalized spacial score (nSPS) is 12.3. The highest BCUT2D eigenvalue weighted by atomic mass is 19.1. The van der Waals surface area contributed by atoms with E-state index in [2.05, 4.69) is 61.2 Å². The van der Waals surface area contributed by atoms with E-state index in [0.29, 0.717) is 5.65 Å². The molecule has 0 radical (unpaired) electrons. The number of aryl methyl sites for hydroxylation is 1. The molecule has 0 unspecified atom stereocenters. The van der Waals surface area contributed by atoms with Crippen LogP contribution in [-0.2, 0) is 17.9 Å². The van der Waals surface area contributed by atoms with Crippen LogP contribution in [0, 0.1) is 11.6 Å². The number of rotatable bonds is 4. The Labute approximate surface area is 182 Å². The van der Waals surface area contributed by atoms with Gasteiger partial charge in [-0.2, -0.15) is 5.10 Å². The number of hydrogen-bond acceptors (Lipinski definition) is 3. The quantitative estimate of drug-likeness (QED) is 0.404. The van der Waals surface area contributed by atoms with Gasteiger partial charge in [-0.25, -0.2) is 23.3 Å². The highest BCUT2D eigenvalue weighted by molar-refractivity contribution is 5.76. The van der Waals surface area contributed by atoms with Crippen LogP contribution in [0.5, 0.6) is 0 Å². The fourth-order valence-corrected chi connectivity index (χ4v) is 3.24. The van der Waals surface area contributed by atoms with Gasteiger partial charge in [-0.15, -0.1) is 0 Å². The number of hydrogen-bond donors (Lipinski definition) is 0. The van der Waals surface area contributed by atoms with E-state index >= 15 is 0 Å². The van der Waals surface area contributed by atoms with Gasteiger partial charge < -0.3 is 4.57 Å². The highest BCUT2D eigenvalue weighted by Gasteiger charge is 2.25. The third kappa shape index (κ3) is 4.60. The van der Waals surface area contributed by atoms with E-state index in [9.17, 15) is 8.78 Å². The first-order chi connectivity index (χ1) is 14.5. The van der Waals surface area contributed by atoms with Crippen LogP contribution >= 0.6 is 0 Å². The number of nitrogens with zero attached hydrogens (tertiary/aromatic N) is 5. The predicted molar refractivity (Wildman–Crippen MR) is 120 cm³/mol. The minimum absolute atomic E-state index is 0.0181. The maximum atomic E-state index is 13.1. The zero-order chi connectivity index (χ0) is 23.0. The van der Waals surface area contributed by atoms with Crippen molar-refractivity contribution in [2.75, 3.05) is 0 Å². The molecule has 0 aliphatic rings. The Morgan fingerprint density at radius 3 is 2.16 bits per heavy atom. The molecule has 1 aromatic carbocycles. The Kier molecular flexibility index (Phi) is 6.16. The second-order valence-corrected chi connectivity index (χ2v) is 9.19. The van der Waals surface area contributed by atoms with Gasteiger partial charge in [-0.3, -0.25) is 0 Å². The topological polar surface area (TPSA) is 48.0 Å². The summed E-state index contributed by atoms with van der Waals surface area (Å²) in [5, 5.41) is 4.28. The first-order valence-electron chi connectivity index (χ1n) is 10.6. The molecular weight excluding hydrogens is 396 g/mol. The SMILES string of the molecule is CCC(C)(C)c1nc2cc(F)ccc2n1C.CCC(C)(C)c1nc2ccc(F)cn2n1. The molecule has 0 atom stereocenters. The number of imidazole rings is 1. The van der Waals surface area contributed by atoms with Crippen LogP contribution in [0.25, 0.3) is 16.7 Å². The van der Waals surface area contributed by atoms with Crippen LogP contribution in [-0.4, -0.2) is 24.1 Å². The van der Waals surface area contributed by atoms with Crippen molar-refractivity contribution >= 4 is 16.7 Å². The second kappa shape index (κ2) is 8.36. The van der Waals surface area contributed by atoms with Crippen LogP contribution in [0.3, 0.4) is 0 Å². The second-order valence-electron chi connectivity index (χ2n) is 9.19. The number of fused-ring (bicyclic) bond motifs is 2. The minimum Gasteiger partial charge on any atom is -0.331 e. The van der Waals surface area contributed by atoms with Gasteiger partial charge in [-0.1, -0.05) is 41.5 Å². The predicted octanol–water partition coefficient (Wildman–Crippen LogP) is 5.96. The maximum absolute atomic E-state index is 13.1. The Morgan fingerprint density at radius 2 is 1.52 bits per heavy atom. The first kappa shape index (κ1) is 22.8. The van der Waals surface area contributed by atoms with Crippen molar-refractivity contribution in [2.24, 2.45) is 7.05 Å². The number of halogens is 2. The van der Waals surface area contributed by atoms with E-state index in [1.807, 2.05) is 7.05 Å². The van der Waals surface area contributed by atoms with E-state index in [-0.39, 0.29) is 22.5 Å². The van der Waals surface area contributed by atoms with Crippen molar-refractivity contribution in [1.29, 1.82) is 0 Å². The molecule has 7 heteroatoms. The minimum atomic E-state index is -0.298. The van der Waals surface area contributed by atoms with Gasteiger partial charge in [0.15, 0.2) is 11.5 Å². The van der Waals surface area contributed by atoms with Crippen molar-refractivity contribution in [3.63, 3.8) is 0 Å². The van der Waals surface area contributed by atoms with Gasteiger partial charge in [0.25, 0.3) is 0 Å². The Bertz CT molecular complexity index is 1200. The monoisotopic (exact) mass is 427 g/mol. The fourth-order valence-electron chi connectivity index (χ4n) is 3.24. The van der Waals surface area contributed by atoms with Gasteiger partial charge in [0.1, 0.15) is 17.5 Å². The van der Waals surface area contributed by atoms with Gasteiger partial charge in [0.2, 0.25) is 0 Å². The standard InChI is InChI=1S/C13H17FN2.C11H14FN3/c1-5-13(2,3)12-15-10-8-9(14)6-7-11(10)16(12)4;1-4-11(2,3)10-13-9-6-5-8(12)7-15(9)14-10/h6-8H,5H2,1-4H3;5-7H,4H2,1-3H3. The molecule has 0 saturated heterocycles. The average molecular weight is 428 g/mol. The summed E-state index contributed by atoms with van der Waals surface area (Å²) in [6.07, 6.45) is 3.30. The Balaban J connectivity index is 0.000000176. The summed E-state index contributed by atoms with van der Waals surface area (Å²) >= 11 is 0. The van der Waals surface area contributed by atoms with E-state index in [0.717, 1.165) is 35.5 Å². The van der Waals surface area contributed by atoms with E-state index in [1.165, 1.54) is 28.9 Å². The summed E-state index contributed by atoms with van der Waals surface area (Å²) in [4.78, 5) is 8.92. The molecule has 0 fully saturated rings. The third-order valence-corrected chi connectivity index (χ3v) is 6.12. The van der Waals surface area contributed by atoms with Crippen molar-refractivity contribution in [1.82, 2.24) is 24.1 Å². The van der Waals surface area contributed by atoms with Crippen molar-refractivity contribution in [3.8, 4) is 0 Å². The molecule has 0 amide bonds. The lowest BCUT2D eigenvalue weighted by Gasteiger charge is -2.21. The molecule has 0 spiro atoms. The molecule has 31 heavy (non-hydrogen) atoms. The zero-order valence-corrected chi connectivity index (χ0v) is 19.4. The number of aromatic nitrogens is 5. The number of pyridine rings is 1. The zero-order valence-electron chi connectivity index (χ0n) is 19.4. The Morgan fingerprint density at radius 1 is 0.871 bits per heavy atom. The van der Waals surface area contributed by atoms with Gasteiger partial charge in [0.05, 0.1) is 17.2 Å². The van der Waals surface area contributed by atoms with Crippen LogP contribution < -0.4 is 0 Å². The molecule has 3 aromatic heterocycles. The largest absolute Gasteiger partial charge is 0.331 e. The lowest BCUT2D eigenvalue weighted by atomic mass is 9.89. The third-order valence-electron chi connectivity index (χ3n) is 6.12. The molecule has 0 bridgehead atoms. The molecule has 0 aliphatic carbocycles. The lowest BCUT2D eigenvalue weighted by Crippen LogP contribution is -2.20. The molecule has 166 valence electrons. The van der Waals surface area contributed by atoms with Crippen molar-refractivity contribution in [2.45, 2.75) is 65.2 Å². The molecule has 0 saturated carbocycles. The smallest absolute Gasteiger partial charge is 0.157 e. The highest BCUT2D eigenvalue weighted by Crippen LogP contribution is 2.28. The van der Waals surface area contributed by atoms with E-state index in [4.69, 9.17) is 0 Å². The molecule has 4 aromatic rings. The molecule has 3 heterocycles. The summed E-state index contributed by atoms with van der Waals surface area (Å²) in [6.45, 7) is 12.7. The lowest BCUT2D eigenvalue weighted by molar-refractivity contribution is 0.460. The van der Waals surface area contributed by atoms with Gasteiger partial charge in [0, 0.05) is 23.9 Å². The molecular formula is C24H31F2N5. The number of benzene rings is 1. The van der Waals surface area contributed by atoms with E-state index in [1.54, 1.807) is 12.1 Å². The van der Waals surface area contributed by atoms with Crippen LogP contribution in [0.15, 0.2) is 36.5 Å². The summed E-state index contributed by atoms with van der Waals surface area (Å²) < 4.78 is 29.6. The van der Waals surface area contributed by atoms with Gasteiger partial charge in [-0.05, 0) is 37.1 Å². The van der Waals surface area contributed by atoms with Crippen molar-refractivity contribution in [3.05, 3.63) is 59.8 Å². The van der Waals surface area contributed by atoms with Crippen LogP contribution in [0.2, 0.25) is 0 Å². The summed E-state index contributed by atoms with van der Waals surface area (Å²) in [6, 6.07) is 7.79. The summed E-state index contributed by atoms with van der Waals surface area (Å²) in [7, 11) is 1.99. The summed E-state index contributed by atoms with van der Waals surface area (Å²) in [5.41, 5.74) is 2.36. The first-order valence-corrected chi connectivity index (χ1v) is 10.6. The van der Waals surface area contributed by atoms with Crippen LogP contribution in [0.4, 0.5) is 8.78 Å². The summed E-state index contributed by atoms with van der Waals surface area (Å²) in [5.74, 6) is 1.24. The molecule has 0 N–H and O–H groups in total. The molecule has 0 aliphatic heterocycles. The molecule has 5 nitrogen and oxygen atoms in total. The van der Waals surface area contributed by atoms with Gasteiger partial charge >= 0.3 is 0 Å². The molecule has 4 rings (SSSR count). The average Bonchev–Trinajstić information content (AvgIpc) is 3.30. The Hall–Kier alpha value is -2.83. The maximum Gasteiger partial charge on any atom is 0.157 e. The van der Waals surface area contributed by atoms with E-state index < -0.39 is 0 Å².